The smallest absolute Gasteiger partial charge is 0.327 e. The average Bonchev–Trinajstić information content (AvgIpc) is 2.93. The van der Waals surface area contributed by atoms with Crippen molar-refractivity contribution in [2.24, 2.45) is 0 Å². The van der Waals surface area contributed by atoms with Crippen LogP contribution in [0.3, 0.4) is 0 Å². The molecule has 0 unspecified atom stereocenters. The van der Waals surface area contributed by atoms with Gasteiger partial charge in [0.1, 0.15) is 5.75 Å². The third-order valence-electron chi connectivity index (χ3n) is 2.96. The molecule has 0 aliphatic carbocycles. The van der Waals surface area contributed by atoms with Gasteiger partial charge < -0.3 is 9.29 Å². The van der Waals surface area contributed by atoms with Gasteiger partial charge in [0, 0.05) is 30.7 Å². The predicted molar refractivity (Wildman–Crippen MR) is 80.8 cm³/mol. The van der Waals surface area contributed by atoms with E-state index in [-0.39, 0.29) is 12.6 Å². The van der Waals surface area contributed by atoms with Crippen LogP contribution in [0, 0.1) is 6.92 Å². The fraction of sp³-hybridized carbons (Fsp3) is 0.333. The fourth-order valence-corrected chi connectivity index (χ4v) is 3.09. The lowest BCUT2D eigenvalue weighted by molar-refractivity contribution is -0.140. The van der Waals surface area contributed by atoms with E-state index in [2.05, 4.69) is 4.98 Å². The first-order valence-corrected chi connectivity index (χ1v) is 8.02. The number of imidazole rings is 1. The van der Waals surface area contributed by atoms with Crippen LogP contribution in [0.2, 0.25) is 0 Å². The number of carbonyl (C=O) groups excluding carboxylic acids is 1. The fourth-order valence-electron chi connectivity index (χ4n) is 1.97. The molecule has 2 rings (SSSR count). The van der Waals surface area contributed by atoms with E-state index in [0.717, 1.165) is 11.3 Å². The van der Waals surface area contributed by atoms with Crippen LogP contribution in [-0.2, 0) is 20.7 Å². The van der Waals surface area contributed by atoms with E-state index >= 15 is 0 Å². The first-order chi connectivity index (χ1) is 10.1. The van der Waals surface area contributed by atoms with Gasteiger partial charge in [0.25, 0.3) is 0 Å². The first kappa shape index (κ1) is 15.6. The lowest BCUT2D eigenvalue weighted by atomic mass is 10.2. The highest BCUT2D eigenvalue weighted by Gasteiger charge is 2.19. The number of para-hydroxylation sites is 1. The molecule has 0 fully saturated rings. The minimum absolute atomic E-state index is 0.284. The maximum atomic E-state index is 12.3. The molecule has 112 valence electrons. The molecule has 0 N–H and O–H groups in total. The molecule has 1 aromatic carbocycles. The van der Waals surface area contributed by atoms with Crippen molar-refractivity contribution in [1.82, 2.24) is 9.55 Å². The molecular formula is C15H18N2O3S. The third-order valence-corrected chi connectivity index (χ3v) is 4.33. The molecule has 0 saturated carbocycles. The highest BCUT2D eigenvalue weighted by Crippen LogP contribution is 2.19. The van der Waals surface area contributed by atoms with Crippen LogP contribution in [0.5, 0.6) is 0 Å². The molecule has 21 heavy (non-hydrogen) atoms. The Hall–Kier alpha value is -1.79. The molecule has 5 nitrogen and oxygen atoms in total. The standard InChI is InChI=1S/C15H18N2O3S/c1-12-6-3-4-7-14(12)17-9-8-16-15(17)21(19)11-5-10-20-13(2)18/h3-4,6-9H,5,10-11H2,1-2H3/t21-/m0/s1. The first-order valence-electron chi connectivity index (χ1n) is 6.70. The van der Waals surface area contributed by atoms with Crippen molar-refractivity contribution >= 4 is 17.1 Å². The van der Waals surface area contributed by atoms with Crippen LogP contribution in [-0.4, -0.2) is 32.4 Å². The molecule has 0 radical (unpaired) electrons. The summed E-state index contributed by atoms with van der Waals surface area (Å²) in [5, 5.41) is 0.520. The highest BCUT2D eigenvalue weighted by molar-refractivity contribution is 7.91. The quantitative estimate of drug-likeness (QED) is 0.466. The number of benzene rings is 1. The summed E-state index contributed by atoms with van der Waals surface area (Å²) in [6, 6.07) is 7.88. The van der Waals surface area contributed by atoms with Crippen LogP contribution in [0.1, 0.15) is 18.9 Å². The van der Waals surface area contributed by atoms with Crippen molar-refractivity contribution in [3.63, 3.8) is 0 Å². The summed E-state index contributed by atoms with van der Waals surface area (Å²) in [6.07, 6.45) is 4.00. The van der Waals surface area contributed by atoms with Crippen LogP contribution in [0.4, 0.5) is 0 Å². The van der Waals surface area contributed by atoms with Crippen molar-refractivity contribution in [1.29, 1.82) is 0 Å². The highest BCUT2D eigenvalue weighted by atomic mass is 32.2. The van der Waals surface area contributed by atoms with Gasteiger partial charge in [-0.15, -0.1) is 0 Å². The molecule has 0 saturated heterocycles. The zero-order chi connectivity index (χ0) is 15.2. The minimum atomic E-state index is -1.23. The lowest BCUT2D eigenvalue weighted by Gasteiger charge is -2.13. The van der Waals surface area contributed by atoms with Gasteiger partial charge in [0.05, 0.1) is 18.5 Å². The van der Waals surface area contributed by atoms with E-state index < -0.39 is 11.2 Å². The minimum Gasteiger partial charge on any atom is -0.609 e. The molecule has 1 heterocycles. The van der Waals surface area contributed by atoms with Crippen LogP contribution < -0.4 is 0 Å². The summed E-state index contributed by atoms with van der Waals surface area (Å²) in [5.41, 5.74) is 2.06. The molecule has 1 aromatic heterocycles. The molecule has 0 bridgehead atoms. The van der Waals surface area contributed by atoms with Gasteiger partial charge in [0.15, 0.2) is 0 Å². The summed E-state index contributed by atoms with van der Waals surface area (Å²) in [5.74, 6) is 0.0955. The van der Waals surface area contributed by atoms with Crippen LogP contribution in [0.25, 0.3) is 5.69 Å². The largest absolute Gasteiger partial charge is 0.609 e. The summed E-state index contributed by atoms with van der Waals surface area (Å²) in [7, 11) is 0. The molecule has 0 aliphatic heterocycles. The SMILES string of the molecule is CC(=O)OCCC[S@+]([O-])c1nccn1-c1ccccc1C. The second-order valence-corrected chi connectivity index (χ2v) is 6.07. The van der Waals surface area contributed by atoms with E-state index in [9.17, 15) is 9.35 Å². The van der Waals surface area contributed by atoms with Crippen molar-refractivity contribution in [3.8, 4) is 5.69 Å². The Morgan fingerprint density at radius 2 is 2.19 bits per heavy atom. The summed E-state index contributed by atoms with van der Waals surface area (Å²) >= 11 is -1.23. The van der Waals surface area contributed by atoms with E-state index in [1.807, 2.05) is 42.0 Å². The van der Waals surface area contributed by atoms with E-state index in [4.69, 9.17) is 4.74 Å². The number of nitrogens with zero attached hydrogens (tertiary/aromatic N) is 2. The van der Waals surface area contributed by atoms with Crippen LogP contribution in [0.15, 0.2) is 41.8 Å². The Balaban J connectivity index is 2.06. The maximum Gasteiger partial charge on any atom is 0.327 e. The molecule has 0 amide bonds. The van der Waals surface area contributed by atoms with Gasteiger partial charge in [-0.2, -0.15) is 4.98 Å². The molecule has 1 atom stereocenters. The number of esters is 1. The normalized spacial score (nSPS) is 12.1. The summed E-state index contributed by atoms with van der Waals surface area (Å²) < 4.78 is 19.0. The van der Waals surface area contributed by atoms with E-state index in [1.165, 1.54) is 6.92 Å². The van der Waals surface area contributed by atoms with Gasteiger partial charge in [-0.25, -0.2) is 0 Å². The van der Waals surface area contributed by atoms with Crippen LogP contribution >= 0.6 is 0 Å². The van der Waals surface area contributed by atoms with E-state index in [0.29, 0.717) is 17.3 Å². The number of hydrogen-bond donors (Lipinski definition) is 0. The molecular weight excluding hydrogens is 288 g/mol. The van der Waals surface area contributed by atoms with Crippen molar-refractivity contribution in [2.45, 2.75) is 25.4 Å². The maximum absolute atomic E-state index is 12.3. The Morgan fingerprint density at radius 1 is 1.43 bits per heavy atom. The average molecular weight is 306 g/mol. The van der Waals surface area contributed by atoms with E-state index in [1.54, 1.807) is 6.20 Å². The Labute approximate surface area is 127 Å². The third kappa shape index (κ3) is 4.09. The number of carbonyl (C=O) groups is 1. The second-order valence-electron chi connectivity index (χ2n) is 4.61. The Bertz CT molecular complexity index is 612. The second kappa shape index (κ2) is 7.28. The van der Waals surface area contributed by atoms with Crippen molar-refractivity contribution in [2.75, 3.05) is 12.4 Å². The van der Waals surface area contributed by atoms with Gasteiger partial charge in [-0.1, -0.05) is 18.2 Å². The predicted octanol–water partition coefficient (Wildman–Crippen LogP) is 2.24. The number of aryl methyl sites for hydroxylation is 1. The van der Waals surface area contributed by atoms with Crippen molar-refractivity contribution < 1.29 is 14.1 Å². The number of rotatable bonds is 6. The van der Waals surface area contributed by atoms with Gasteiger partial charge in [0.2, 0.25) is 0 Å². The summed E-state index contributed by atoms with van der Waals surface area (Å²) in [6.45, 7) is 3.65. The molecule has 0 aliphatic rings. The van der Waals surface area contributed by atoms with Gasteiger partial charge >= 0.3 is 11.1 Å². The number of ether oxygens (including phenoxy) is 1. The number of hydrogen-bond acceptors (Lipinski definition) is 4. The molecule has 6 heteroatoms. The van der Waals surface area contributed by atoms with Gasteiger partial charge in [-0.3, -0.25) is 9.36 Å². The topological polar surface area (TPSA) is 67.2 Å². The Morgan fingerprint density at radius 3 is 2.90 bits per heavy atom. The van der Waals surface area contributed by atoms with Gasteiger partial charge in [-0.05, 0) is 18.6 Å². The zero-order valence-electron chi connectivity index (χ0n) is 12.1. The Kier molecular flexibility index (Phi) is 5.41. The van der Waals surface area contributed by atoms with Crippen molar-refractivity contribution in [3.05, 3.63) is 42.2 Å². The zero-order valence-corrected chi connectivity index (χ0v) is 12.9. The molecule has 2 aromatic rings. The monoisotopic (exact) mass is 306 g/mol. The number of aromatic nitrogens is 2. The molecule has 0 spiro atoms. The lowest BCUT2D eigenvalue weighted by Crippen LogP contribution is -2.15. The summed E-state index contributed by atoms with van der Waals surface area (Å²) in [4.78, 5) is 14.9.